The summed E-state index contributed by atoms with van der Waals surface area (Å²) in [4.78, 5) is 12.0. The van der Waals surface area contributed by atoms with Gasteiger partial charge in [-0.15, -0.1) is 0 Å². The van der Waals surface area contributed by atoms with E-state index in [1.165, 1.54) is 51.4 Å². The largest absolute Gasteiger partial charge is 0.396 e. The van der Waals surface area contributed by atoms with Gasteiger partial charge >= 0.3 is 0 Å². The van der Waals surface area contributed by atoms with E-state index in [-0.39, 0.29) is 0 Å². The number of hydrogen-bond acceptors (Lipinski definition) is 2. The van der Waals surface area contributed by atoms with Crippen molar-refractivity contribution in [2.45, 2.75) is 90.4 Å². The molecule has 0 amide bonds. The number of carbonyl (C=O) groups is 1. The van der Waals surface area contributed by atoms with E-state index in [4.69, 9.17) is 5.11 Å². The monoisotopic (exact) mass is 282 g/mol. The van der Waals surface area contributed by atoms with E-state index in [1.54, 1.807) is 0 Å². The van der Waals surface area contributed by atoms with Crippen LogP contribution < -0.4 is 0 Å². The SMILES string of the molecule is CCCCCC1C(=O)CCC1CCCCCCCCO. The van der Waals surface area contributed by atoms with Gasteiger partial charge < -0.3 is 5.11 Å². The summed E-state index contributed by atoms with van der Waals surface area (Å²) in [7, 11) is 0. The maximum Gasteiger partial charge on any atom is 0.136 e. The maximum atomic E-state index is 12.0. The summed E-state index contributed by atoms with van der Waals surface area (Å²) in [6.07, 6.45) is 15.4. The van der Waals surface area contributed by atoms with Gasteiger partial charge in [-0.3, -0.25) is 4.79 Å². The molecule has 0 aliphatic heterocycles. The second-order valence-corrected chi connectivity index (χ2v) is 6.50. The summed E-state index contributed by atoms with van der Waals surface area (Å²) < 4.78 is 0. The maximum absolute atomic E-state index is 12.0. The minimum absolute atomic E-state index is 0.337. The fourth-order valence-electron chi connectivity index (χ4n) is 3.56. The fraction of sp³-hybridized carbons (Fsp3) is 0.944. The minimum atomic E-state index is 0.337. The molecule has 2 unspecified atom stereocenters. The molecule has 0 radical (unpaired) electrons. The Morgan fingerprint density at radius 1 is 0.950 bits per heavy atom. The third kappa shape index (κ3) is 6.88. The first-order valence-corrected chi connectivity index (χ1v) is 8.93. The highest BCUT2D eigenvalue weighted by Crippen LogP contribution is 2.36. The molecule has 2 atom stereocenters. The Bertz CT molecular complexity index is 250. The number of aliphatic hydroxyl groups excluding tert-OH is 1. The summed E-state index contributed by atoms with van der Waals surface area (Å²) in [6.45, 7) is 2.56. The molecule has 1 fully saturated rings. The molecule has 20 heavy (non-hydrogen) atoms. The lowest BCUT2D eigenvalue weighted by atomic mass is 9.86. The van der Waals surface area contributed by atoms with Gasteiger partial charge in [-0.25, -0.2) is 0 Å². The molecule has 1 saturated carbocycles. The van der Waals surface area contributed by atoms with Crippen molar-refractivity contribution in [3.8, 4) is 0 Å². The van der Waals surface area contributed by atoms with Crippen molar-refractivity contribution in [2.24, 2.45) is 11.8 Å². The molecule has 0 heterocycles. The molecule has 0 aromatic carbocycles. The van der Waals surface area contributed by atoms with Crippen molar-refractivity contribution < 1.29 is 9.90 Å². The van der Waals surface area contributed by atoms with Crippen LogP contribution in [-0.2, 0) is 4.79 Å². The van der Waals surface area contributed by atoms with E-state index in [0.29, 0.717) is 24.2 Å². The zero-order valence-corrected chi connectivity index (χ0v) is 13.4. The molecule has 2 nitrogen and oxygen atoms in total. The van der Waals surface area contributed by atoms with E-state index in [1.807, 2.05) is 0 Å². The molecule has 2 heteroatoms. The number of hydrogen-bond donors (Lipinski definition) is 1. The summed E-state index contributed by atoms with van der Waals surface area (Å²) in [5.41, 5.74) is 0. The van der Waals surface area contributed by atoms with Crippen molar-refractivity contribution in [1.82, 2.24) is 0 Å². The van der Waals surface area contributed by atoms with Crippen LogP contribution in [0.3, 0.4) is 0 Å². The average molecular weight is 282 g/mol. The Hall–Kier alpha value is -0.370. The van der Waals surface area contributed by atoms with Gasteiger partial charge in [0.05, 0.1) is 0 Å². The van der Waals surface area contributed by atoms with Crippen LogP contribution >= 0.6 is 0 Å². The van der Waals surface area contributed by atoms with Gasteiger partial charge in [-0.1, -0.05) is 58.3 Å². The molecule has 0 bridgehead atoms. The van der Waals surface area contributed by atoms with Crippen LogP contribution in [0.25, 0.3) is 0 Å². The van der Waals surface area contributed by atoms with Crippen LogP contribution in [0, 0.1) is 11.8 Å². The minimum Gasteiger partial charge on any atom is -0.396 e. The van der Waals surface area contributed by atoms with Crippen molar-refractivity contribution >= 4 is 5.78 Å². The Kier molecular flexibility index (Phi) is 10.00. The van der Waals surface area contributed by atoms with E-state index in [0.717, 1.165) is 32.1 Å². The fourth-order valence-corrected chi connectivity index (χ4v) is 3.56. The van der Waals surface area contributed by atoms with Crippen molar-refractivity contribution in [2.75, 3.05) is 6.61 Å². The molecular formula is C18H34O2. The molecule has 1 N–H and O–H groups in total. The standard InChI is InChI=1S/C18H34O2/c1-2-3-8-12-17-16(13-14-18(17)20)11-9-6-4-5-7-10-15-19/h16-17,19H,2-15H2,1H3. The number of rotatable bonds is 12. The zero-order valence-electron chi connectivity index (χ0n) is 13.4. The predicted molar refractivity (Wildman–Crippen MR) is 84.8 cm³/mol. The van der Waals surface area contributed by atoms with Gasteiger partial charge in [0.2, 0.25) is 0 Å². The van der Waals surface area contributed by atoms with Gasteiger partial charge in [-0.05, 0) is 31.6 Å². The molecule has 0 saturated heterocycles. The molecule has 1 aliphatic rings. The molecule has 118 valence electrons. The van der Waals surface area contributed by atoms with E-state index in [9.17, 15) is 4.79 Å². The Morgan fingerprint density at radius 2 is 1.60 bits per heavy atom. The second-order valence-electron chi connectivity index (χ2n) is 6.50. The van der Waals surface area contributed by atoms with Crippen molar-refractivity contribution in [3.05, 3.63) is 0 Å². The first kappa shape index (κ1) is 17.7. The molecule has 1 rings (SSSR count). The highest BCUT2D eigenvalue weighted by Gasteiger charge is 2.33. The van der Waals surface area contributed by atoms with Crippen LogP contribution in [0.4, 0.5) is 0 Å². The molecule has 1 aliphatic carbocycles. The van der Waals surface area contributed by atoms with Gasteiger partial charge in [0, 0.05) is 18.9 Å². The molecule has 0 spiro atoms. The number of ketones is 1. The highest BCUT2D eigenvalue weighted by atomic mass is 16.2. The summed E-state index contributed by atoms with van der Waals surface area (Å²) in [5.74, 6) is 1.64. The number of Topliss-reactive ketones (excluding diaryl/α,β-unsaturated/α-hetero) is 1. The summed E-state index contributed by atoms with van der Waals surface area (Å²) in [5, 5.41) is 8.72. The lowest BCUT2D eigenvalue weighted by Gasteiger charge is -2.18. The molecule has 0 aromatic rings. The van der Waals surface area contributed by atoms with Crippen LogP contribution in [-0.4, -0.2) is 17.5 Å². The smallest absolute Gasteiger partial charge is 0.136 e. The van der Waals surface area contributed by atoms with E-state index >= 15 is 0 Å². The van der Waals surface area contributed by atoms with Crippen LogP contribution in [0.2, 0.25) is 0 Å². The lowest BCUT2D eigenvalue weighted by Crippen LogP contribution is -2.14. The van der Waals surface area contributed by atoms with Crippen LogP contribution in [0.5, 0.6) is 0 Å². The van der Waals surface area contributed by atoms with Crippen LogP contribution in [0.1, 0.15) is 90.4 Å². The normalized spacial score (nSPS) is 22.6. The lowest BCUT2D eigenvalue weighted by molar-refractivity contribution is -0.121. The van der Waals surface area contributed by atoms with Gasteiger partial charge in [0.25, 0.3) is 0 Å². The summed E-state index contributed by atoms with van der Waals surface area (Å²) >= 11 is 0. The Labute approximate surface area is 125 Å². The number of aliphatic hydroxyl groups is 1. The predicted octanol–water partition coefficient (Wildman–Crippen LogP) is 4.89. The zero-order chi connectivity index (χ0) is 14.6. The first-order valence-electron chi connectivity index (χ1n) is 8.93. The third-order valence-electron chi connectivity index (χ3n) is 4.85. The molecular weight excluding hydrogens is 248 g/mol. The number of carbonyl (C=O) groups excluding carboxylic acids is 1. The van der Waals surface area contributed by atoms with E-state index < -0.39 is 0 Å². The quantitative estimate of drug-likeness (QED) is 0.518. The van der Waals surface area contributed by atoms with Gasteiger partial charge in [-0.2, -0.15) is 0 Å². The Morgan fingerprint density at radius 3 is 2.30 bits per heavy atom. The second kappa shape index (κ2) is 11.3. The third-order valence-corrected chi connectivity index (χ3v) is 4.85. The Balaban J connectivity index is 2.09. The first-order chi connectivity index (χ1) is 9.79. The summed E-state index contributed by atoms with van der Waals surface area (Å²) in [6, 6.07) is 0. The average Bonchev–Trinajstić information content (AvgIpc) is 2.79. The van der Waals surface area contributed by atoms with Gasteiger partial charge in [0.1, 0.15) is 5.78 Å². The molecule has 0 aromatic heterocycles. The van der Waals surface area contributed by atoms with Crippen LogP contribution in [0.15, 0.2) is 0 Å². The van der Waals surface area contributed by atoms with Gasteiger partial charge in [0.15, 0.2) is 0 Å². The highest BCUT2D eigenvalue weighted by molar-refractivity contribution is 5.83. The van der Waals surface area contributed by atoms with E-state index in [2.05, 4.69) is 6.92 Å². The van der Waals surface area contributed by atoms with Crippen molar-refractivity contribution in [3.63, 3.8) is 0 Å². The van der Waals surface area contributed by atoms with Crippen molar-refractivity contribution in [1.29, 1.82) is 0 Å². The number of unbranched alkanes of at least 4 members (excludes halogenated alkanes) is 7. The topological polar surface area (TPSA) is 37.3 Å².